The molecule has 0 heterocycles. The van der Waals surface area contributed by atoms with Gasteiger partial charge in [-0.3, -0.25) is 14.4 Å². The summed E-state index contributed by atoms with van der Waals surface area (Å²) in [6, 6.07) is -4.11. The van der Waals surface area contributed by atoms with E-state index in [2.05, 4.69) is 16.0 Å². The molecular formula is C15H28N4O7. The first kappa shape index (κ1) is 23.8. The van der Waals surface area contributed by atoms with E-state index in [-0.39, 0.29) is 12.5 Å². The van der Waals surface area contributed by atoms with Crippen molar-refractivity contribution in [1.82, 2.24) is 16.0 Å². The number of aliphatic hydroxyl groups is 2. The summed E-state index contributed by atoms with van der Waals surface area (Å²) in [6.45, 7) is 5.39. The molecule has 0 aliphatic carbocycles. The third-order valence-corrected chi connectivity index (χ3v) is 3.56. The summed E-state index contributed by atoms with van der Waals surface area (Å²) >= 11 is 0. The van der Waals surface area contributed by atoms with Crippen molar-refractivity contribution in [3.05, 3.63) is 0 Å². The number of carbonyl (C=O) groups is 4. The first-order chi connectivity index (χ1) is 11.9. The summed E-state index contributed by atoms with van der Waals surface area (Å²) in [6.07, 6.45) is -2.76. The van der Waals surface area contributed by atoms with Crippen molar-refractivity contribution in [2.75, 3.05) is 6.54 Å². The predicted molar refractivity (Wildman–Crippen MR) is 90.7 cm³/mol. The SMILES string of the molecule is CC(C)C(NC(=O)CN)C(=O)NC(C(=O)NC(C(=O)O)C(C)O)C(C)O. The number of aliphatic carboxylic acids is 1. The molecular weight excluding hydrogens is 348 g/mol. The lowest BCUT2D eigenvalue weighted by atomic mass is 10.0. The molecule has 0 fully saturated rings. The minimum absolute atomic E-state index is 0.328. The maximum atomic E-state index is 12.4. The minimum Gasteiger partial charge on any atom is -0.480 e. The van der Waals surface area contributed by atoms with Gasteiger partial charge in [-0.25, -0.2) is 4.79 Å². The number of hydrogen-bond donors (Lipinski definition) is 7. The second-order valence-corrected chi connectivity index (χ2v) is 6.29. The highest BCUT2D eigenvalue weighted by Crippen LogP contribution is 2.05. The molecule has 150 valence electrons. The van der Waals surface area contributed by atoms with Crippen LogP contribution in [-0.4, -0.2) is 75.9 Å². The van der Waals surface area contributed by atoms with Gasteiger partial charge in [0.25, 0.3) is 0 Å². The van der Waals surface area contributed by atoms with Crippen LogP contribution < -0.4 is 21.7 Å². The summed E-state index contributed by atoms with van der Waals surface area (Å²) in [7, 11) is 0. The second kappa shape index (κ2) is 10.7. The van der Waals surface area contributed by atoms with Crippen LogP contribution in [0.1, 0.15) is 27.7 Å². The van der Waals surface area contributed by atoms with Crippen LogP contribution in [0.15, 0.2) is 0 Å². The van der Waals surface area contributed by atoms with E-state index >= 15 is 0 Å². The highest BCUT2D eigenvalue weighted by Gasteiger charge is 2.34. The van der Waals surface area contributed by atoms with Crippen LogP contribution in [0.3, 0.4) is 0 Å². The van der Waals surface area contributed by atoms with Crippen LogP contribution in [0, 0.1) is 5.92 Å². The molecule has 26 heavy (non-hydrogen) atoms. The molecule has 11 heteroatoms. The van der Waals surface area contributed by atoms with Gasteiger partial charge in [-0.1, -0.05) is 13.8 Å². The lowest BCUT2D eigenvalue weighted by Crippen LogP contribution is -2.61. The maximum absolute atomic E-state index is 12.4. The van der Waals surface area contributed by atoms with E-state index in [9.17, 15) is 29.4 Å². The fourth-order valence-electron chi connectivity index (χ4n) is 2.05. The molecule has 0 saturated heterocycles. The van der Waals surface area contributed by atoms with E-state index in [4.69, 9.17) is 10.8 Å². The number of hydrogen-bond acceptors (Lipinski definition) is 7. The molecule has 5 atom stereocenters. The van der Waals surface area contributed by atoms with Gasteiger partial charge in [-0.2, -0.15) is 0 Å². The van der Waals surface area contributed by atoms with Gasteiger partial charge in [0.1, 0.15) is 12.1 Å². The molecule has 0 aromatic rings. The lowest BCUT2D eigenvalue weighted by molar-refractivity contribution is -0.146. The number of amides is 3. The summed E-state index contributed by atoms with van der Waals surface area (Å²) < 4.78 is 0. The first-order valence-electron chi connectivity index (χ1n) is 8.11. The molecule has 0 bridgehead atoms. The quantitative estimate of drug-likeness (QED) is 0.208. The Labute approximate surface area is 151 Å². The highest BCUT2D eigenvalue weighted by atomic mass is 16.4. The largest absolute Gasteiger partial charge is 0.480 e. The number of carboxylic acids is 1. The van der Waals surface area contributed by atoms with Crippen molar-refractivity contribution < 1.29 is 34.5 Å². The molecule has 0 aromatic heterocycles. The van der Waals surface area contributed by atoms with Gasteiger partial charge in [0.05, 0.1) is 18.8 Å². The summed E-state index contributed by atoms with van der Waals surface area (Å²) in [4.78, 5) is 47.1. The standard InChI is InChI=1S/C15H28N4O7/c1-6(2)10(17-9(22)5-16)13(23)18-11(7(3)20)14(24)19-12(8(4)21)15(25)26/h6-8,10-12,20-21H,5,16H2,1-4H3,(H,17,22)(H,18,23)(H,19,24)(H,25,26). The molecule has 5 unspecified atom stereocenters. The molecule has 0 aromatic carbocycles. The number of nitrogens with one attached hydrogen (secondary N) is 3. The van der Waals surface area contributed by atoms with Crippen molar-refractivity contribution in [1.29, 1.82) is 0 Å². The van der Waals surface area contributed by atoms with E-state index < -0.39 is 54.0 Å². The highest BCUT2D eigenvalue weighted by molar-refractivity contribution is 5.94. The third-order valence-electron chi connectivity index (χ3n) is 3.56. The van der Waals surface area contributed by atoms with Crippen LogP contribution >= 0.6 is 0 Å². The van der Waals surface area contributed by atoms with E-state index in [1.807, 2.05) is 0 Å². The molecule has 3 amide bonds. The third kappa shape index (κ3) is 7.33. The zero-order valence-electron chi connectivity index (χ0n) is 15.2. The fourth-order valence-corrected chi connectivity index (χ4v) is 2.05. The number of aliphatic hydroxyl groups excluding tert-OH is 2. The lowest BCUT2D eigenvalue weighted by Gasteiger charge is -2.27. The van der Waals surface area contributed by atoms with Gasteiger partial charge in [0.2, 0.25) is 17.7 Å². The van der Waals surface area contributed by atoms with Crippen molar-refractivity contribution in [3.63, 3.8) is 0 Å². The number of carboxylic acid groups (broad SMARTS) is 1. The Hall–Kier alpha value is -2.24. The summed E-state index contributed by atoms with van der Waals surface area (Å²) in [5.74, 6) is -4.12. The van der Waals surface area contributed by atoms with Crippen LogP contribution in [0.4, 0.5) is 0 Å². The van der Waals surface area contributed by atoms with Crippen LogP contribution in [0.5, 0.6) is 0 Å². The fraction of sp³-hybridized carbons (Fsp3) is 0.733. The minimum atomic E-state index is -1.61. The molecule has 0 rings (SSSR count). The molecule has 0 spiro atoms. The van der Waals surface area contributed by atoms with E-state index in [1.54, 1.807) is 13.8 Å². The molecule has 8 N–H and O–H groups in total. The predicted octanol–water partition coefficient (Wildman–Crippen LogP) is -3.10. The molecule has 0 aliphatic heterocycles. The normalized spacial score (nSPS) is 16.8. The average Bonchev–Trinajstić information content (AvgIpc) is 2.53. The Balaban J connectivity index is 5.25. The van der Waals surface area contributed by atoms with Gasteiger partial charge in [0, 0.05) is 0 Å². The molecule has 0 saturated carbocycles. The summed E-state index contributed by atoms with van der Waals surface area (Å²) in [5.41, 5.74) is 5.20. The molecule has 0 aliphatic rings. The van der Waals surface area contributed by atoms with E-state index in [0.29, 0.717) is 0 Å². The average molecular weight is 376 g/mol. The molecule has 11 nitrogen and oxygen atoms in total. The Morgan fingerprint density at radius 1 is 0.808 bits per heavy atom. The number of rotatable bonds is 10. The van der Waals surface area contributed by atoms with Gasteiger partial charge in [-0.05, 0) is 19.8 Å². The van der Waals surface area contributed by atoms with Crippen molar-refractivity contribution in [2.24, 2.45) is 11.7 Å². The number of nitrogens with two attached hydrogens (primary N) is 1. The van der Waals surface area contributed by atoms with Crippen LogP contribution in [0.2, 0.25) is 0 Å². The Bertz CT molecular complexity index is 522. The van der Waals surface area contributed by atoms with Crippen LogP contribution in [0.25, 0.3) is 0 Å². The molecule has 0 radical (unpaired) electrons. The van der Waals surface area contributed by atoms with E-state index in [1.165, 1.54) is 13.8 Å². The van der Waals surface area contributed by atoms with Gasteiger partial charge < -0.3 is 37.0 Å². The van der Waals surface area contributed by atoms with Gasteiger partial charge in [-0.15, -0.1) is 0 Å². The Morgan fingerprint density at radius 3 is 1.58 bits per heavy atom. The van der Waals surface area contributed by atoms with Gasteiger partial charge in [0.15, 0.2) is 6.04 Å². The second-order valence-electron chi connectivity index (χ2n) is 6.29. The zero-order valence-corrected chi connectivity index (χ0v) is 15.2. The van der Waals surface area contributed by atoms with Crippen molar-refractivity contribution >= 4 is 23.7 Å². The topological polar surface area (TPSA) is 191 Å². The Kier molecular flexibility index (Phi) is 9.76. The Morgan fingerprint density at radius 2 is 1.23 bits per heavy atom. The zero-order chi connectivity index (χ0) is 20.6. The maximum Gasteiger partial charge on any atom is 0.328 e. The van der Waals surface area contributed by atoms with Crippen molar-refractivity contribution in [3.8, 4) is 0 Å². The van der Waals surface area contributed by atoms with Crippen molar-refractivity contribution in [2.45, 2.75) is 58.0 Å². The van der Waals surface area contributed by atoms with Gasteiger partial charge >= 0.3 is 5.97 Å². The monoisotopic (exact) mass is 376 g/mol. The first-order valence-corrected chi connectivity index (χ1v) is 8.11. The smallest absolute Gasteiger partial charge is 0.328 e. The number of carbonyl (C=O) groups excluding carboxylic acids is 3. The summed E-state index contributed by atoms with van der Waals surface area (Å²) in [5, 5.41) is 34.9. The van der Waals surface area contributed by atoms with Crippen LogP contribution in [-0.2, 0) is 19.2 Å². The van der Waals surface area contributed by atoms with E-state index in [0.717, 1.165) is 0 Å².